The summed E-state index contributed by atoms with van der Waals surface area (Å²) in [6, 6.07) is 18.9. The molecule has 0 atom stereocenters. The van der Waals surface area contributed by atoms with E-state index in [9.17, 15) is 8.42 Å². The van der Waals surface area contributed by atoms with Gasteiger partial charge in [-0.15, -0.1) is 0 Å². The van der Waals surface area contributed by atoms with Crippen LogP contribution in [0, 0.1) is 13.5 Å². The van der Waals surface area contributed by atoms with Gasteiger partial charge in [-0.1, -0.05) is 42.5 Å². The zero-order chi connectivity index (χ0) is 17.9. The highest BCUT2D eigenvalue weighted by atomic mass is 32.2. The number of hydrogen-bond donors (Lipinski definition) is 1. The number of aryl methyl sites for hydroxylation is 1. The number of rotatable bonds is 4. The van der Waals surface area contributed by atoms with Gasteiger partial charge in [-0.05, 0) is 42.3 Å². The summed E-state index contributed by atoms with van der Waals surface area (Å²) < 4.78 is 27.4. The van der Waals surface area contributed by atoms with Crippen molar-refractivity contribution in [2.45, 2.75) is 11.8 Å². The molecule has 0 aliphatic carbocycles. The number of anilines is 1. The van der Waals surface area contributed by atoms with Crippen LogP contribution in [0.3, 0.4) is 0 Å². The van der Waals surface area contributed by atoms with Gasteiger partial charge in [0, 0.05) is 5.69 Å². The predicted octanol–water partition coefficient (Wildman–Crippen LogP) is 4.41. The van der Waals surface area contributed by atoms with Crippen LogP contribution in [-0.2, 0) is 10.0 Å². The average molecular weight is 349 g/mol. The van der Waals surface area contributed by atoms with Crippen LogP contribution in [0.1, 0.15) is 5.69 Å². The first-order chi connectivity index (χ1) is 12.0. The fraction of sp³-hybridized carbons (Fsp3) is 0.0526. The molecular weight excluding hydrogens is 334 g/mol. The third-order valence-corrected chi connectivity index (χ3v) is 4.99. The molecule has 6 heteroatoms. The van der Waals surface area contributed by atoms with Crippen molar-refractivity contribution >= 4 is 21.5 Å². The van der Waals surface area contributed by atoms with Crippen molar-refractivity contribution in [2.24, 2.45) is 0 Å². The molecule has 0 saturated heterocycles. The summed E-state index contributed by atoms with van der Waals surface area (Å²) in [6.07, 6.45) is 0. The molecule has 2 aromatic carbocycles. The number of aromatic nitrogens is 1. The van der Waals surface area contributed by atoms with Gasteiger partial charge in [0.15, 0.2) is 5.69 Å². The van der Waals surface area contributed by atoms with Crippen molar-refractivity contribution in [3.05, 3.63) is 83.8 Å². The molecule has 0 amide bonds. The first-order valence-corrected chi connectivity index (χ1v) is 9.01. The van der Waals surface area contributed by atoms with Crippen molar-refractivity contribution < 1.29 is 8.42 Å². The van der Waals surface area contributed by atoms with Gasteiger partial charge in [-0.2, -0.15) is 0 Å². The highest BCUT2D eigenvalue weighted by molar-refractivity contribution is 7.92. The number of benzene rings is 2. The Morgan fingerprint density at radius 2 is 1.52 bits per heavy atom. The predicted molar refractivity (Wildman–Crippen MR) is 97.9 cm³/mol. The molecule has 1 aromatic heterocycles. The Balaban J connectivity index is 1.84. The fourth-order valence-corrected chi connectivity index (χ4v) is 3.35. The lowest BCUT2D eigenvalue weighted by atomic mass is 10.1. The summed E-state index contributed by atoms with van der Waals surface area (Å²) in [4.78, 5) is 7.67. The molecule has 25 heavy (non-hydrogen) atoms. The van der Waals surface area contributed by atoms with Crippen molar-refractivity contribution in [1.82, 2.24) is 4.98 Å². The molecule has 5 nitrogen and oxygen atoms in total. The van der Waals surface area contributed by atoms with Crippen molar-refractivity contribution in [2.75, 3.05) is 4.72 Å². The van der Waals surface area contributed by atoms with Gasteiger partial charge in [-0.25, -0.2) is 18.2 Å². The first kappa shape index (κ1) is 16.7. The van der Waals surface area contributed by atoms with Gasteiger partial charge >= 0.3 is 0 Å². The molecule has 0 fully saturated rings. The summed E-state index contributed by atoms with van der Waals surface area (Å²) in [5.74, 6) is 0.291. The van der Waals surface area contributed by atoms with E-state index < -0.39 is 10.0 Å². The second-order valence-electron chi connectivity index (χ2n) is 5.45. The smallest absolute Gasteiger partial charge is 0.263 e. The Bertz CT molecular complexity index is 1040. The maximum atomic E-state index is 12.5. The van der Waals surface area contributed by atoms with Crippen molar-refractivity contribution in [3.63, 3.8) is 0 Å². The zero-order valence-corrected chi connectivity index (χ0v) is 14.3. The standard InChI is InChI=1S/C19H15N3O2S/c1-14-4-3-5-19(21-14)22-25(23,24)18-12-8-16(9-13-18)15-6-10-17(20-2)11-7-15/h3-13H,1H3,(H,21,22). The van der Waals surface area contributed by atoms with Crippen LogP contribution in [0.15, 0.2) is 71.6 Å². The molecule has 0 aliphatic heterocycles. The molecule has 3 aromatic rings. The van der Waals surface area contributed by atoms with Crippen LogP contribution in [0.2, 0.25) is 0 Å². The summed E-state index contributed by atoms with van der Waals surface area (Å²) >= 11 is 0. The van der Waals surface area contributed by atoms with E-state index in [2.05, 4.69) is 14.6 Å². The van der Waals surface area contributed by atoms with Crippen LogP contribution in [0.4, 0.5) is 11.5 Å². The number of pyridine rings is 1. The Hall–Kier alpha value is -3.17. The quantitative estimate of drug-likeness (QED) is 0.710. The summed E-state index contributed by atoms with van der Waals surface area (Å²) in [7, 11) is -3.69. The van der Waals surface area contributed by atoms with Gasteiger partial charge in [-0.3, -0.25) is 4.72 Å². The SMILES string of the molecule is [C-]#[N+]c1ccc(-c2ccc(S(=O)(=O)Nc3cccc(C)n3)cc2)cc1. The van der Waals surface area contributed by atoms with Gasteiger partial charge in [0.2, 0.25) is 0 Å². The molecule has 3 rings (SSSR count). The third kappa shape index (κ3) is 3.84. The van der Waals surface area contributed by atoms with E-state index in [-0.39, 0.29) is 4.90 Å². The molecule has 0 unspecified atom stereocenters. The van der Waals surface area contributed by atoms with Gasteiger partial charge in [0.25, 0.3) is 10.0 Å². The van der Waals surface area contributed by atoms with Gasteiger partial charge in [0.05, 0.1) is 11.5 Å². The number of nitrogens with zero attached hydrogens (tertiary/aromatic N) is 2. The second-order valence-corrected chi connectivity index (χ2v) is 7.14. The van der Waals surface area contributed by atoms with E-state index >= 15 is 0 Å². The van der Waals surface area contributed by atoms with Crippen molar-refractivity contribution in [3.8, 4) is 11.1 Å². The van der Waals surface area contributed by atoms with Crippen LogP contribution >= 0.6 is 0 Å². The van der Waals surface area contributed by atoms with E-state index in [0.29, 0.717) is 11.5 Å². The maximum absolute atomic E-state index is 12.5. The molecule has 124 valence electrons. The average Bonchev–Trinajstić information content (AvgIpc) is 2.61. The topological polar surface area (TPSA) is 63.4 Å². The summed E-state index contributed by atoms with van der Waals surface area (Å²) in [5, 5.41) is 0. The normalized spacial score (nSPS) is 10.9. The van der Waals surface area contributed by atoms with E-state index in [1.54, 1.807) is 61.5 Å². The molecule has 0 aliphatic rings. The molecule has 0 saturated carbocycles. The van der Waals surface area contributed by atoms with Crippen molar-refractivity contribution in [1.29, 1.82) is 0 Å². The highest BCUT2D eigenvalue weighted by Crippen LogP contribution is 2.24. The van der Waals surface area contributed by atoms with Gasteiger partial charge < -0.3 is 0 Å². The molecular formula is C19H15N3O2S. The number of hydrogen-bond acceptors (Lipinski definition) is 3. The van der Waals surface area contributed by atoms with E-state index in [4.69, 9.17) is 6.57 Å². The lowest BCUT2D eigenvalue weighted by Crippen LogP contribution is -2.14. The maximum Gasteiger partial charge on any atom is 0.263 e. The van der Waals surface area contributed by atoms with Gasteiger partial charge in [0.1, 0.15) is 5.82 Å². The minimum atomic E-state index is -3.69. The lowest BCUT2D eigenvalue weighted by Gasteiger charge is -2.09. The van der Waals surface area contributed by atoms with E-state index in [1.807, 2.05) is 12.1 Å². The first-order valence-electron chi connectivity index (χ1n) is 7.52. The number of sulfonamides is 1. The Kier molecular flexibility index (Phi) is 4.50. The summed E-state index contributed by atoms with van der Waals surface area (Å²) in [5.41, 5.74) is 3.10. The Labute approximate surface area is 146 Å². The van der Waals surface area contributed by atoms with Crippen LogP contribution in [0.5, 0.6) is 0 Å². The monoisotopic (exact) mass is 349 g/mol. The largest absolute Gasteiger partial charge is 0.263 e. The molecule has 0 radical (unpaired) electrons. The minimum absolute atomic E-state index is 0.164. The van der Waals surface area contributed by atoms with Crippen LogP contribution in [-0.4, -0.2) is 13.4 Å². The van der Waals surface area contributed by atoms with Crippen LogP contribution < -0.4 is 4.72 Å². The van der Waals surface area contributed by atoms with E-state index in [1.165, 1.54) is 0 Å². The third-order valence-electron chi connectivity index (χ3n) is 3.62. The molecule has 0 spiro atoms. The highest BCUT2D eigenvalue weighted by Gasteiger charge is 2.15. The van der Waals surface area contributed by atoms with E-state index in [0.717, 1.165) is 16.8 Å². The van der Waals surface area contributed by atoms with Crippen LogP contribution in [0.25, 0.3) is 16.0 Å². The Morgan fingerprint density at radius 3 is 2.08 bits per heavy atom. The zero-order valence-electron chi connectivity index (χ0n) is 13.5. The number of nitrogens with one attached hydrogen (secondary N) is 1. The molecule has 1 N–H and O–H groups in total. The Morgan fingerprint density at radius 1 is 0.920 bits per heavy atom. The fourth-order valence-electron chi connectivity index (χ4n) is 2.35. The minimum Gasteiger partial charge on any atom is -0.263 e. The second kappa shape index (κ2) is 6.75. The lowest BCUT2D eigenvalue weighted by molar-refractivity contribution is 0.601. The molecule has 1 heterocycles. The summed E-state index contributed by atoms with van der Waals surface area (Å²) in [6.45, 7) is 8.76. The molecule has 0 bridgehead atoms.